The van der Waals surface area contributed by atoms with Crippen LogP contribution in [0, 0.1) is 0 Å². The van der Waals surface area contributed by atoms with Gasteiger partial charge in [-0.1, -0.05) is 26.2 Å². The van der Waals surface area contributed by atoms with Crippen molar-refractivity contribution in [2.24, 2.45) is 0 Å². The molecular formula is C13H27NO2. The lowest BCUT2D eigenvalue weighted by atomic mass is 9.94. The third kappa shape index (κ3) is 5.28. The van der Waals surface area contributed by atoms with Gasteiger partial charge in [-0.15, -0.1) is 0 Å². The number of nitrogens with one attached hydrogen (secondary N) is 1. The molecule has 16 heavy (non-hydrogen) atoms. The number of ether oxygens (including phenoxy) is 1. The molecule has 1 saturated heterocycles. The van der Waals surface area contributed by atoms with Crippen LogP contribution in [-0.2, 0) is 4.74 Å². The second-order valence-electron chi connectivity index (χ2n) is 5.11. The van der Waals surface area contributed by atoms with Gasteiger partial charge in [-0.3, -0.25) is 0 Å². The van der Waals surface area contributed by atoms with Crippen LogP contribution in [0.3, 0.4) is 0 Å². The van der Waals surface area contributed by atoms with Crippen molar-refractivity contribution >= 4 is 0 Å². The smallest absolute Gasteiger partial charge is 0.0815 e. The highest BCUT2D eigenvalue weighted by Gasteiger charge is 2.29. The predicted molar refractivity (Wildman–Crippen MR) is 66.6 cm³/mol. The van der Waals surface area contributed by atoms with Crippen molar-refractivity contribution in [2.45, 2.75) is 64.0 Å². The topological polar surface area (TPSA) is 41.5 Å². The van der Waals surface area contributed by atoms with Gasteiger partial charge in [0, 0.05) is 38.6 Å². The molecule has 0 saturated carbocycles. The maximum absolute atomic E-state index is 10.2. The first-order chi connectivity index (χ1) is 7.66. The molecule has 3 heteroatoms. The number of hydrogen-bond donors (Lipinski definition) is 2. The lowest BCUT2D eigenvalue weighted by Gasteiger charge is -2.33. The van der Waals surface area contributed by atoms with Crippen molar-refractivity contribution in [2.75, 3.05) is 19.8 Å². The first kappa shape index (κ1) is 13.9. The van der Waals surface area contributed by atoms with Crippen molar-refractivity contribution < 1.29 is 9.84 Å². The van der Waals surface area contributed by atoms with Crippen LogP contribution in [0.4, 0.5) is 0 Å². The molecular weight excluding hydrogens is 202 g/mol. The minimum atomic E-state index is -0.530. The third-order valence-electron chi connectivity index (χ3n) is 3.44. The van der Waals surface area contributed by atoms with Crippen LogP contribution < -0.4 is 5.32 Å². The summed E-state index contributed by atoms with van der Waals surface area (Å²) in [6, 6.07) is 0.512. The summed E-state index contributed by atoms with van der Waals surface area (Å²) in [5.74, 6) is 0. The molecule has 0 aliphatic carbocycles. The first-order valence-electron chi connectivity index (χ1n) is 6.70. The van der Waals surface area contributed by atoms with Crippen molar-refractivity contribution in [1.29, 1.82) is 0 Å². The second kappa shape index (κ2) is 7.25. The molecule has 0 aromatic carbocycles. The van der Waals surface area contributed by atoms with Crippen LogP contribution in [-0.4, -0.2) is 36.5 Å². The van der Waals surface area contributed by atoms with E-state index in [0.717, 1.165) is 12.8 Å². The Bertz CT molecular complexity index is 179. The highest BCUT2D eigenvalue weighted by Crippen LogP contribution is 2.19. The molecule has 0 aromatic rings. The van der Waals surface area contributed by atoms with E-state index in [-0.39, 0.29) is 0 Å². The zero-order chi connectivity index (χ0) is 11.9. The Kier molecular flexibility index (Phi) is 6.32. The van der Waals surface area contributed by atoms with Crippen LogP contribution in [0.25, 0.3) is 0 Å². The van der Waals surface area contributed by atoms with Crippen molar-refractivity contribution in [1.82, 2.24) is 5.32 Å². The predicted octanol–water partition coefficient (Wildman–Crippen LogP) is 2.09. The summed E-state index contributed by atoms with van der Waals surface area (Å²) < 4.78 is 5.26. The van der Waals surface area contributed by atoms with Crippen molar-refractivity contribution in [3.63, 3.8) is 0 Å². The van der Waals surface area contributed by atoms with E-state index < -0.39 is 5.60 Å². The standard InChI is InChI=1S/C13H27NO2/c1-3-4-5-6-12(2)14-11-13(15)7-9-16-10-8-13/h12,14-15H,3-11H2,1-2H3. The first-order valence-corrected chi connectivity index (χ1v) is 6.70. The Hall–Kier alpha value is -0.120. The zero-order valence-corrected chi connectivity index (χ0v) is 10.8. The molecule has 0 bridgehead atoms. The van der Waals surface area contributed by atoms with Gasteiger partial charge < -0.3 is 15.2 Å². The molecule has 0 radical (unpaired) electrons. The molecule has 1 fully saturated rings. The van der Waals surface area contributed by atoms with Crippen LogP contribution in [0.2, 0.25) is 0 Å². The number of hydrogen-bond acceptors (Lipinski definition) is 3. The number of unbranched alkanes of at least 4 members (excludes halogenated alkanes) is 2. The van der Waals surface area contributed by atoms with Crippen molar-refractivity contribution in [3.8, 4) is 0 Å². The molecule has 1 aliphatic rings. The summed E-state index contributed by atoms with van der Waals surface area (Å²) >= 11 is 0. The molecule has 0 amide bonds. The monoisotopic (exact) mass is 229 g/mol. The lowest BCUT2D eigenvalue weighted by Crippen LogP contribution is -2.47. The van der Waals surface area contributed by atoms with E-state index in [1.165, 1.54) is 25.7 Å². The fourth-order valence-corrected chi connectivity index (χ4v) is 2.09. The summed E-state index contributed by atoms with van der Waals surface area (Å²) in [4.78, 5) is 0. The average Bonchev–Trinajstić information content (AvgIpc) is 2.28. The van der Waals surface area contributed by atoms with E-state index >= 15 is 0 Å². The molecule has 1 heterocycles. The van der Waals surface area contributed by atoms with Gasteiger partial charge in [0.2, 0.25) is 0 Å². The molecule has 1 unspecified atom stereocenters. The summed E-state index contributed by atoms with van der Waals surface area (Å²) in [5.41, 5.74) is -0.530. The SMILES string of the molecule is CCCCCC(C)NCC1(O)CCOCC1. The zero-order valence-electron chi connectivity index (χ0n) is 10.8. The number of aliphatic hydroxyl groups is 1. The van der Waals surface area contributed by atoms with Crippen LogP contribution in [0.1, 0.15) is 52.4 Å². The molecule has 1 aliphatic heterocycles. The Morgan fingerprint density at radius 1 is 1.31 bits per heavy atom. The molecule has 0 aromatic heterocycles. The van der Waals surface area contributed by atoms with Crippen molar-refractivity contribution in [3.05, 3.63) is 0 Å². The summed E-state index contributed by atoms with van der Waals surface area (Å²) in [6.45, 7) is 6.54. The molecule has 1 atom stereocenters. The van der Waals surface area contributed by atoms with E-state index in [1.54, 1.807) is 0 Å². The van der Waals surface area contributed by atoms with E-state index in [0.29, 0.717) is 25.8 Å². The van der Waals surface area contributed by atoms with Crippen LogP contribution >= 0.6 is 0 Å². The van der Waals surface area contributed by atoms with Crippen LogP contribution in [0.5, 0.6) is 0 Å². The van der Waals surface area contributed by atoms with Crippen LogP contribution in [0.15, 0.2) is 0 Å². The van der Waals surface area contributed by atoms with Gasteiger partial charge in [-0.25, -0.2) is 0 Å². The Labute approximate surface area is 99.6 Å². The largest absolute Gasteiger partial charge is 0.388 e. The van der Waals surface area contributed by atoms with E-state index in [2.05, 4.69) is 19.2 Å². The summed E-state index contributed by atoms with van der Waals surface area (Å²) in [5, 5.41) is 13.7. The fourth-order valence-electron chi connectivity index (χ4n) is 2.09. The normalized spacial score (nSPS) is 21.9. The minimum Gasteiger partial charge on any atom is -0.388 e. The van der Waals surface area contributed by atoms with E-state index in [1.807, 2.05) is 0 Å². The Morgan fingerprint density at radius 3 is 2.62 bits per heavy atom. The number of rotatable bonds is 7. The summed E-state index contributed by atoms with van der Waals surface area (Å²) in [6.07, 6.45) is 6.61. The van der Waals surface area contributed by atoms with Gasteiger partial charge in [-0.05, 0) is 13.3 Å². The third-order valence-corrected chi connectivity index (χ3v) is 3.44. The molecule has 96 valence electrons. The fraction of sp³-hybridized carbons (Fsp3) is 1.00. The highest BCUT2D eigenvalue weighted by molar-refractivity contribution is 4.84. The molecule has 1 rings (SSSR count). The highest BCUT2D eigenvalue weighted by atomic mass is 16.5. The van der Waals surface area contributed by atoms with E-state index in [4.69, 9.17) is 4.74 Å². The molecule has 2 N–H and O–H groups in total. The summed E-state index contributed by atoms with van der Waals surface area (Å²) in [7, 11) is 0. The van der Waals surface area contributed by atoms with Gasteiger partial charge >= 0.3 is 0 Å². The van der Waals surface area contributed by atoms with Gasteiger partial charge in [0.15, 0.2) is 0 Å². The van der Waals surface area contributed by atoms with E-state index in [9.17, 15) is 5.11 Å². The Balaban J connectivity index is 2.12. The average molecular weight is 229 g/mol. The van der Waals surface area contributed by atoms with Gasteiger partial charge in [0.1, 0.15) is 0 Å². The minimum absolute atomic E-state index is 0.512. The lowest BCUT2D eigenvalue weighted by molar-refractivity contribution is -0.0626. The molecule has 0 spiro atoms. The van der Waals surface area contributed by atoms with Gasteiger partial charge in [-0.2, -0.15) is 0 Å². The maximum Gasteiger partial charge on any atom is 0.0815 e. The van der Waals surface area contributed by atoms with Gasteiger partial charge in [0.05, 0.1) is 5.60 Å². The quantitative estimate of drug-likeness (QED) is 0.657. The second-order valence-corrected chi connectivity index (χ2v) is 5.11. The Morgan fingerprint density at radius 2 is 2.00 bits per heavy atom. The maximum atomic E-state index is 10.2. The van der Waals surface area contributed by atoms with Gasteiger partial charge in [0.25, 0.3) is 0 Å². The molecule has 3 nitrogen and oxygen atoms in total.